The van der Waals surface area contributed by atoms with Crippen molar-refractivity contribution in [3.05, 3.63) is 54.1 Å². The lowest BCUT2D eigenvalue weighted by molar-refractivity contribution is 0.0993. The summed E-state index contributed by atoms with van der Waals surface area (Å²) in [6.07, 6.45) is 0. The number of hydrogen-bond donors (Lipinski definition) is 0. The summed E-state index contributed by atoms with van der Waals surface area (Å²) in [5, 5.41) is 8.09. The normalized spacial score (nSPS) is 11.8. The molecule has 1 heterocycles. The van der Waals surface area contributed by atoms with Crippen molar-refractivity contribution in [2.24, 2.45) is 0 Å². The first-order chi connectivity index (χ1) is 13.1. The molecule has 27 heavy (non-hydrogen) atoms. The second kappa shape index (κ2) is 8.73. The fourth-order valence-electron chi connectivity index (χ4n) is 2.43. The summed E-state index contributed by atoms with van der Waals surface area (Å²) in [5.74, 6) is 1.89. The summed E-state index contributed by atoms with van der Waals surface area (Å²) in [5.41, 5.74) is 1.41. The molecule has 0 aliphatic rings. The number of nitrogens with zero attached hydrogens (tertiary/aromatic N) is 2. The molecule has 2 aromatic carbocycles. The van der Waals surface area contributed by atoms with Crippen LogP contribution in [0.15, 0.2) is 58.2 Å². The number of hydrogen-bond acceptors (Lipinski definition) is 7. The van der Waals surface area contributed by atoms with E-state index in [0.29, 0.717) is 23.3 Å². The zero-order valence-electron chi connectivity index (χ0n) is 15.3. The predicted molar refractivity (Wildman–Crippen MR) is 104 cm³/mol. The Balaban J connectivity index is 1.65. The summed E-state index contributed by atoms with van der Waals surface area (Å²) >= 11 is 1.24. The van der Waals surface area contributed by atoms with Crippen LogP contribution in [0.5, 0.6) is 11.5 Å². The maximum Gasteiger partial charge on any atom is 0.277 e. The largest absolute Gasteiger partial charge is 0.497 e. The van der Waals surface area contributed by atoms with E-state index in [0.717, 1.165) is 17.1 Å². The average Bonchev–Trinajstić information content (AvgIpc) is 3.17. The first kappa shape index (κ1) is 19.0. The summed E-state index contributed by atoms with van der Waals surface area (Å²) in [6.45, 7) is 4.33. The molecule has 0 saturated heterocycles. The third-order valence-corrected chi connectivity index (χ3v) is 4.77. The van der Waals surface area contributed by atoms with Crippen molar-refractivity contribution >= 4 is 17.5 Å². The van der Waals surface area contributed by atoms with Gasteiger partial charge in [0, 0.05) is 11.1 Å². The molecule has 0 spiro atoms. The van der Waals surface area contributed by atoms with Crippen LogP contribution in [0.2, 0.25) is 0 Å². The van der Waals surface area contributed by atoms with E-state index >= 15 is 0 Å². The Morgan fingerprint density at radius 3 is 2.37 bits per heavy atom. The average molecular weight is 384 g/mol. The Labute approximate surface area is 161 Å². The molecule has 0 N–H and O–H groups in total. The number of ether oxygens (including phenoxy) is 2. The topological polar surface area (TPSA) is 74.5 Å². The van der Waals surface area contributed by atoms with Gasteiger partial charge in [0.1, 0.15) is 11.5 Å². The van der Waals surface area contributed by atoms with Crippen molar-refractivity contribution in [2.45, 2.75) is 24.3 Å². The van der Waals surface area contributed by atoms with Gasteiger partial charge >= 0.3 is 0 Å². The van der Waals surface area contributed by atoms with Crippen LogP contribution in [0, 0.1) is 0 Å². The predicted octanol–water partition coefficient (Wildman–Crippen LogP) is 4.51. The van der Waals surface area contributed by atoms with Crippen LogP contribution in [0.4, 0.5) is 0 Å². The first-order valence-corrected chi connectivity index (χ1v) is 9.40. The van der Waals surface area contributed by atoms with E-state index in [9.17, 15) is 4.79 Å². The second-order valence-electron chi connectivity index (χ2n) is 5.68. The van der Waals surface area contributed by atoms with Gasteiger partial charge in [-0.2, -0.15) is 0 Å². The van der Waals surface area contributed by atoms with Gasteiger partial charge < -0.3 is 13.9 Å². The molecule has 0 fully saturated rings. The summed E-state index contributed by atoms with van der Waals surface area (Å²) < 4.78 is 16.2. The summed E-state index contributed by atoms with van der Waals surface area (Å²) in [4.78, 5) is 12.6. The standard InChI is InChI=1S/C20H20N2O4S/c1-4-25-17-11-5-14(6-12-17)18(23)13(2)27-20-22-21-19(26-20)15-7-9-16(24-3)10-8-15/h5-13H,4H2,1-3H3/t13-/m0/s1. The molecule has 0 saturated carbocycles. The van der Waals surface area contributed by atoms with Crippen molar-refractivity contribution < 1.29 is 18.7 Å². The van der Waals surface area contributed by atoms with E-state index in [-0.39, 0.29) is 11.0 Å². The van der Waals surface area contributed by atoms with Crippen molar-refractivity contribution in [3.63, 3.8) is 0 Å². The number of methoxy groups -OCH3 is 1. The van der Waals surface area contributed by atoms with E-state index in [1.54, 1.807) is 31.4 Å². The van der Waals surface area contributed by atoms with Gasteiger partial charge in [-0.05, 0) is 62.4 Å². The highest BCUT2D eigenvalue weighted by Crippen LogP contribution is 2.28. The Hall–Kier alpha value is -2.80. The molecule has 0 unspecified atom stereocenters. The minimum absolute atomic E-state index is 0.00718. The molecule has 6 nitrogen and oxygen atoms in total. The Morgan fingerprint density at radius 2 is 1.74 bits per heavy atom. The number of carbonyl (C=O) groups is 1. The van der Waals surface area contributed by atoms with Crippen LogP contribution < -0.4 is 9.47 Å². The molecule has 7 heteroatoms. The zero-order valence-corrected chi connectivity index (χ0v) is 16.2. The van der Waals surface area contributed by atoms with Crippen LogP contribution in [0.3, 0.4) is 0 Å². The molecule has 0 aliphatic carbocycles. The lowest BCUT2D eigenvalue weighted by Gasteiger charge is -2.08. The molecule has 0 radical (unpaired) electrons. The molecule has 1 aromatic heterocycles. The minimum atomic E-state index is -0.355. The molecule has 0 amide bonds. The van der Waals surface area contributed by atoms with Crippen LogP contribution in [0.1, 0.15) is 24.2 Å². The van der Waals surface area contributed by atoms with Crippen molar-refractivity contribution in [3.8, 4) is 23.0 Å². The monoisotopic (exact) mass is 384 g/mol. The third-order valence-electron chi connectivity index (χ3n) is 3.84. The van der Waals surface area contributed by atoms with E-state index in [2.05, 4.69) is 10.2 Å². The number of carbonyl (C=O) groups excluding carboxylic acids is 1. The van der Waals surface area contributed by atoms with E-state index in [4.69, 9.17) is 13.9 Å². The Morgan fingerprint density at radius 1 is 1.07 bits per heavy atom. The maximum absolute atomic E-state index is 12.6. The number of benzene rings is 2. The lowest BCUT2D eigenvalue weighted by Crippen LogP contribution is -2.13. The highest BCUT2D eigenvalue weighted by atomic mass is 32.2. The molecule has 0 bridgehead atoms. The number of Topliss-reactive ketones (excluding diaryl/α,β-unsaturated/α-hetero) is 1. The fraction of sp³-hybridized carbons (Fsp3) is 0.250. The van der Waals surface area contributed by atoms with Crippen LogP contribution >= 0.6 is 11.8 Å². The van der Waals surface area contributed by atoms with Crippen LogP contribution in [-0.4, -0.2) is 34.9 Å². The first-order valence-electron chi connectivity index (χ1n) is 8.52. The number of ketones is 1. The minimum Gasteiger partial charge on any atom is -0.497 e. The smallest absolute Gasteiger partial charge is 0.277 e. The molecular weight excluding hydrogens is 364 g/mol. The zero-order chi connectivity index (χ0) is 19.2. The van der Waals surface area contributed by atoms with Gasteiger partial charge in [-0.1, -0.05) is 11.8 Å². The Kier molecular flexibility index (Phi) is 6.13. The van der Waals surface area contributed by atoms with Gasteiger partial charge in [0.2, 0.25) is 5.89 Å². The van der Waals surface area contributed by atoms with Crippen LogP contribution in [-0.2, 0) is 0 Å². The van der Waals surface area contributed by atoms with E-state index < -0.39 is 0 Å². The highest BCUT2D eigenvalue weighted by molar-refractivity contribution is 8.00. The third kappa shape index (κ3) is 4.68. The molecule has 140 valence electrons. The molecule has 1 atom stereocenters. The number of aromatic nitrogens is 2. The lowest BCUT2D eigenvalue weighted by atomic mass is 10.1. The quantitative estimate of drug-likeness (QED) is 0.418. The van der Waals surface area contributed by atoms with E-state index in [1.807, 2.05) is 38.1 Å². The second-order valence-corrected chi connectivity index (χ2v) is 6.98. The Bertz CT molecular complexity index is 891. The number of thioether (sulfide) groups is 1. The van der Waals surface area contributed by atoms with Gasteiger partial charge in [-0.25, -0.2) is 0 Å². The van der Waals surface area contributed by atoms with Gasteiger partial charge in [-0.3, -0.25) is 4.79 Å². The van der Waals surface area contributed by atoms with Gasteiger partial charge in [0.25, 0.3) is 5.22 Å². The van der Waals surface area contributed by atoms with Crippen molar-refractivity contribution in [1.82, 2.24) is 10.2 Å². The number of rotatable bonds is 8. The fourth-order valence-corrected chi connectivity index (χ4v) is 3.19. The van der Waals surface area contributed by atoms with E-state index in [1.165, 1.54) is 11.8 Å². The highest BCUT2D eigenvalue weighted by Gasteiger charge is 2.20. The molecule has 3 aromatic rings. The molecule has 3 rings (SSSR count). The molecule has 0 aliphatic heterocycles. The van der Waals surface area contributed by atoms with Crippen LogP contribution in [0.25, 0.3) is 11.5 Å². The maximum atomic E-state index is 12.6. The van der Waals surface area contributed by atoms with Gasteiger partial charge in [0.15, 0.2) is 5.78 Å². The van der Waals surface area contributed by atoms with Crippen molar-refractivity contribution in [1.29, 1.82) is 0 Å². The summed E-state index contributed by atoms with van der Waals surface area (Å²) in [6, 6.07) is 14.5. The molecular formula is C20H20N2O4S. The van der Waals surface area contributed by atoms with Gasteiger partial charge in [0.05, 0.1) is 19.0 Å². The van der Waals surface area contributed by atoms with Gasteiger partial charge in [-0.15, -0.1) is 10.2 Å². The van der Waals surface area contributed by atoms with Crippen molar-refractivity contribution in [2.75, 3.05) is 13.7 Å². The summed E-state index contributed by atoms with van der Waals surface area (Å²) in [7, 11) is 1.61. The SMILES string of the molecule is CCOc1ccc(C(=O)[C@H](C)Sc2nnc(-c3ccc(OC)cc3)o2)cc1.